The van der Waals surface area contributed by atoms with Crippen LogP contribution in [0.1, 0.15) is 13.8 Å². The van der Waals surface area contributed by atoms with Gasteiger partial charge in [0.25, 0.3) is 0 Å². The first kappa shape index (κ1) is 12.6. The van der Waals surface area contributed by atoms with Gasteiger partial charge in [-0.05, 0) is 19.9 Å². The maximum atomic E-state index is 13.7. The van der Waals surface area contributed by atoms with Crippen molar-refractivity contribution in [1.29, 1.82) is 0 Å². The molecular weight excluding hydrogens is 241 g/mol. The highest BCUT2D eigenvalue weighted by atomic mass is 35.5. The van der Waals surface area contributed by atoms with Crippen LogP contribution in [0, 0.1) is 5.82 Å². The molecule has 1 aromatic heterocycles. The summed E-state index contributed by atoms with van der Waals surface area (Å²) >= 11 is 5.69. The largest absolute Gasteiger partial charge is 0.352 e. The highest BCUT2D eigenvalue weighted by molar-refractivity contribution is 6.30. The highest BCUT2D eigenvalue weighted by Crippen LogP contribution is 2.21. The number of anilines is 1. The molecule has 1 aliphatic rings. The van der Waals surface area contributed by atoms with Crippen molar-refractivity contribution in [3.8, 4) is 0 Å². The van der Waals surface area contributed by atoms with Crippen molar-refractivity contribution in [2.75, 3.05) is 31.1 Å². The van der Waals surface area contributed by atoms with Crippen molar-refractivity contribution in [1.82, 2.24) is 9.88 Å². The molecule has 1 fully saturated rings. The van der Waals surface area contributed by atoms with Crippen LogP contribution in [0.25, 0.3) is 0 Å². The monoisotopic (exact) mass is 257 g/mol. The summed E-state index contributed by atoms with van der Waals surface area (Å²) < 4.78 is 13.7. The third-order valence-corrected chi connectivity index (χ3v) is 3.34. The number of hydrogen-bond donors (Lipinski definition) is 0. The van der Waals surface area contributed by atoms with Gasteiger partial charge in [0.1, 0.15) is 0 Å². The normalized spacial score (nSPS) is 17.8. The average Bonchev–Trinajstić information content (AvgIpc) is 2.29. The van der Waals surface area contributed by atoms with Crippen molar-refractivity contribution in [2.45, 2.75) is 19.9 Å². The molecule has 0 amide bonds. The standard InChI is InChI=1S/C12H17ClFN3/c1-9(2)16-3-5-17(6-4-16)12-11(14)7-10(13)8-15-12/h7-9H,3-6H2,1-2H3. The van der Waals surface area contributed by atoms with Crippen molar-refractivity contribution in [3.63, 3.8) is 0 Å². The number of pyridine rings is 1. The summed E-state index contributed by atoms with van der Waals surface area (Å²) in [5.41, 5.74) is 0. The lowest BCUT2D eigenvalue weighted by molar-refractivity contribution is 0.208. The lowest BCUT2D eigenvalue weighted by Crippen LogP contribution is -2.49. The zero-order valence-electron chi connectivity index (χ0n) is 10.2. The van der Waals surface area contributed by atoms with E-state index >= 15 is 0 Å². The van der Waals surface area contributed by atoms with Crippen LogP contribution in [-0.2, 0) is 0 Å². The first-order valence-electron chi connectivity index (χ1n) is 5.88. The fourth-order valence-electron chi connectivity index (χ4n) is 2.09. The van der Waals surface area contributed by atoms with Gasteiger partial charge in [-0.25, -0.2) is 9.37 Å². The molecular formula is C12H17ClFN3. The van der Waals surface area contributed by atoms with Crippen molar-refractivity contribution in [2.24, 2.45) is 0 Å². The van der Waals surface area contributed by atoms with Crippen LogP contribution in [-0.4, -0.2) is 42.1 Å². The van der Waals surface area contributed by atoms with E-state index in [1.807, 2.05) is 4.90 Å². The zero-order chi connectivity index (χ0) is 12.4. The van der Waals surface area contributed by atoms with Gasteiger partial charge in [-0.2, -0.15) is 0 Å². The van der Waals surface area contributed by atoms with E-state index in [1.165, 1.54) is 12.3 Å². The molecule has 0 saturated carbocycles. The molecule has 0 atom stereocenters. The molecule has 2 rings (SSSR count). The summed E-state index contributed by atoms with van der Waals surface area (Å²) in [5, 5.41) is 0.340. The van der Waals surface area contributed by atoms with Crippen LogP contribution in [0.3, 0.4) is 0 Å². The summed E-state index contributed by atoms with van der Waals surface area (Å²) in [4.78, 5) is 8.43. The maximum Gasteiger partial charge on any atom is 0.167 e. The van der Waals surface area contributed by atoms with Crippen molar-refractivity contribution in [3.05, 3.63) is 23.1 Å². The maximum absolute atomic E-state index is 13.7. The Bertz CT molecular complexity index is 389. The van der Waals surface area contributed by atoms with Gasteiger partial charge in [-0.1, -0.05) is 11.6 Å². The molecule has 0 bridgehead atoms. The number of rotatable bonds is 2. The number of halogens is 2. The summed E-state index contributed by atoms with van der Waals surface area (Å²) in [7, 11) is 0. The number of hydrogen-bond acceptors (Lipinski definition) is 3. The van der Waals surface area contributed by atoms with E-state index in [1.54, 1.807) is 0 Å². The van der Waals surface area contributed by atoms with E-state index in [2.05, 4.69) is 23.7 Å². The van der Waals surface area contributed by atoms with Gasteiger partial charge in [-0.3, -0.25) is 4.90 Å². The average molecular weight is 258 g/mol. The minimum atomic E-state index is -0.338. The van der Waals surface area contributed by atoms with E-state index in [0.29, 0.717) is 16.9 Å². The van der Waals surface area contributed by atoms with Crippen LogP contribution < -0.4 is 4.90 Å². The summed E-state index contributed by atoms with van der Waals surface area (Å²) in [6.45, 7) is 7.86. The zero-order valence-corrected chi connectivity index (χ0v) is 10.9. The predicted octanol–water partition coefficient (Wildman–Crippen LogP) is 2.40. The molecule has 94 valence electrons. The van der Waals surface area contributed by atoms with Crippen LogP contribution >= 0.6 is 11.6 Å². The second-order valence-corrected chi connectivity index (χ2v) is 5.01. The van der Waals surface area contributed by atoms with E-state index in [4.69, 9.17) is 11.6 Å². The topological polar surface area (TPSA) is 19.4 Å². The van der Waals surface area contributed by atoms with Gasteiger partial charge in [0.15, 0.2) is 11.6 Å². The molecule has 1 saturated heterocycles. The third-order valence-electron chi connectivity index (χ3n) is 3.13. The smallest absolute Gasteiger partial charge is 0.167 e. The summed E-state index contributed by atoms with van der Waals surface area (Å²) in [6, 6.07) is 1.86. The Morgan fingerprint density at radius 3 is 2.47 bits per heavy atom. The second-order valence-electron chi connectivity index (χ2n) is 4.58. The molecule has 17 heavy (non-hydrogen) atoms. The number of nitrogens with zero attached hydrogens (tertiary/aromatic N) is 3. The Labute approximate surface area is 106 Å². The van der Waals surface area contributed by atoms with Gasteiger partial charge in [-0.15, -0.1) is 0 Å². The first-order valence-corrected chi connectivity index (χ1v) is 6.26. The number of piperazine rings is 1. The minimum Gasteiger partial charge on any atom is -0.352 e. The van der Waals surface area contributed by atoms with Gasteiger partial charge >= 0.3 is 0 Å². The minimum absolute atomic E-state index is 0.338. The molecule has 5 heteroatoms. The summed E-state index contributed by atoms with van der Waals surface area (Å²) in [5.74, 6) is 0.0771. The molecule has 0 radical (unpaired) electrons. The SMILES string of the molecule is CC(C)N1CCN(c2ncc(Cl)cc2F)CC1. The third kappa shape index (κ3) is 2.87. The van der Waals surface area contributed by atoms with Gasteiger partial charge < -0.3 is 4.90 Å². The van der Waals surface area contributed by atoms with E-state index in [9.17, 15) is 4.39 Å². The Hall–Kier alpha value is -0.870. The van der Waals surface area contributed by atoms with E-state index < -0.39 is 0 Å². The number of aromatic nitrogens is 1. The Morgan fingerprint density at radius 1 is 1.29 bits per heavy atom. The molecule has 0 N–H and O–H groups in total. The highest BCUT2D eigenvalue weighted by Gasteiger charge is 2.21. The van der Waals surface area contributed by atoms with Gasteiger partial charge in [0, 0.05) is 38.4 Å². The van der Waals surface area contributed by atoms with E-state index in [-0.39, 0.29) is 5.82 Å². The Balaban J connectivity index is 2.05. The van der Waals surface area contributed by atoms with Crippen LogP contribution in [0.15, 0.2) is 12.3 Å². The van der Waals surface area contributed by atoms with Crippen LogP contribution in [0.2, 0.25) is 5.02 Å². The molecule has 2 heterocycles. The van der Waals surface area contributed by atoms with Gasteiger partial charge in [0.2, 0.25) is 0 Å². The van der Waals surface area contributed by atoms with Crippen LogP contribution in [0.4, 0.5) is 10.2 Å². The lowest BCUT2D eigenvalue weighted by atomic mass is 10.2. The first-order chi connectivity index (χ1) is 8.08. The second kappa shape index (κ2) is 5.19. The molecule has 0 aromatic carbocycles. The lowest BCUT2D eigenvalue weighted by Gasteiger charge is -2.37. The summed E-state index contributed by atoms with van der Waals surface area (Å²) in [6.07, 6.45) is 1.49. The molecule has 1 aromatic rings. The fourth-order valence-corrected chi connectivity index (χ4v) is 2.23. The van der Waals surface area contributed by atoms with E-state index in [0.717, 1.165) is 26.2 Å². The molecule has 0 unspecified atom stereocenters. The molecule has 0 spiro atoms. The van der Waals surface area contributed by atoms with Crippen molar-refractivity contribution >= 4 is 17.4 Å². The van der Waals surface area contributed by atoms with Crippen LogP contribution in [0.5, 0.6) is 0 Å². The quantitative estimate of drug-likeness (QED) is 0.811. The Morgan fingerprint density at radius 2 is 1.94 bits per heavy atom. The molecule has 3 nitrogen and oxygen atoms in total. The van der Waals surface area contributed by atoms with Crippen molar-refractivity contribution < 1.29 is 4.39 Å². The molecule has 1 aliphatic heterocycles. The predicted molar refractivity (Wildman–Crippen MR) is 68.1 cm³/mol. The molecule has 0 aliphatic carbocycles. The van der Waals surface area contributed by atoms with Gasteiger partial charge in [0.05, 0.1) is 5.02 Å². The Kier molecular flexibility index (Phi) is 3.84. The fraction of sp³-hybridized carbons (Fsp3) is 0.583.